The summed E-state index contributed by atoms with van der Waals surface area (Å²) in [5.74, 6) is 0.601. The van der Waals surface area contributed by atoms with Gasteiger partial charge in [-0.15, -0.1) is 0 Å². The zero-order valence-electron chi connectivity index (χ0n) is 7.38. The molecule has 1 aliphatic carbocycles. The van der Waals surface area contributed by atoms with Crippen LogP contribution in [0.2, 0.25) is 0 Å². The van der Waals surface area contributed by atoms with Gasteiger partial charge in [0.1, 0.15) is 0 Å². The molecular weight excluding hydrogens is 176 g/mol. The van der Waals surface area contributed by atoms with Gasteiger partial charge in [-0.2, -0.15) is 4.73 Å². The Morgan fingerprint density at radius 1 is 1.36 bits per heavy atom. The minimum absolute atomic E-state index is 0.601. The Hall–Kier alpha value is -2.03. The van der Waals surface area contributed by atoms with E-state index in [-0.39, 0.29) is 0 Å². The second kappa shape index (κ2) is 2.48. The van der Waals surface area contributed by atoms with Crippen LogP contribution in [0.1, 0.15) is 5.69 Å². The van der Waals surface area contributed by atoms with Crippen LogP contribution in [0.25, 0.3) is 17.0 Å². The first kappa shape index (κ1) is 7.38. The van der Waals surface area contributed by atoms with Crippen molar-refractivity contribution in [3.8, 4) is 11.4 Å². The summed E-state index contributed by atoms with van der Waals surface area (Å²) in [6.45, 7) is 0. The summed E-state index contributed by atoms with van der Waals surface area (Å²) < 4.78 is 1.04. The smallest absolute Gasteiger partial charge is 0.175 e. The maximum atomic E-state index is 9.47. The van der Waals surface area contributed by atoms with Crippen molar-refractivity contribution >= 4 is 5.57 Å². The number of allylic oxidation sites excluding steroid dienone is 4. The molecule has 0 atom stereocenters. The van der Waals surface area contributed by atoms with Crippen molar-refractivity contribution in [2.24, 2.45) is 0 Å². The Bertz CT molecular complexity index is 522. The molecule has 0 amide bonds. The van der Waals surface area contributed by atoms with Crippen LogP contribution in [0.5, 0.6) is 0 Å². The third-order valence-electron chi connectivity index (χ3n) is 2.34. The summed E-state index contributed by atoms with van der Waals surface area (Å²) in [6.07, 6.45) is 7.55. The highest BCUT2D eigenvalue weighted by Crippen LogP contribution is 2.28. The summed E-state index contributed by atoms with van der Waals surface area (Å²) in [6, 6.07) is 5.69. The van der Waals surface area contributed by atoms with Gasteiger partial charge in [-0.05, 0) is 18.2 Å². The third-order valence-corrected chi connectivity index (χ3v) is 2.34. The van der Waals surface area contributed by atoms with Crippen molar-refractivity contribution in [1.29, 1.82) is 0 Å². The molecule has 3 nitrogen and oxygen atoms in total. The van der Waals surface area contributed by atoms with Crippen LogP contribution in [0.4, 0.5) is 0 Å². The lowest BCUT2D eigenvalue weighted by Crippen LogP contribution is -1.96. The van der Waals surface area contributed by atoms with Gasteiger partial charge >= 0.3 is 0 Å². The van der Waals surface area contributed by atoms with E-state index in [4.69, 9.17) is 0 Å². The van der Waals surface area contributed by atoms with Gasteiger partial charge in [-0.3, -0.25) is 0 Å². The van der Waals surface area contributed by atoms with E-state index in [0.717, 1.165) is 21.6 Å². The molecule has 0 saturated carbocycles. The normalized spacial score (nSPS) is 14.1. The maximum Gasteiger partial charge on any atom is 0.175 e. The van der Waals surface area contributed by atoms with Gasteiger partial charge in [-0.1, -0.05) is 18.2 Å². The molecule has 3 aliphatic rings. The lowest BCUT2D eigenvalue weighted by atomic mass is 10.1. The zero-order chi connectivity index (χ0) is 9.54. The fourth-order valence-electron chi connectivity index (χ4n) is 1.54. The van der Waals surface area contributed by atoms with Crippen LogP contribution in [0.3, 0.4) is 0 Å². The SMILES string of the molecule is On1cccc2cc(C3=CC=C3)nc1-2. The molecule has 0 spiro atoms. The van der Waals surface area contributed by atoms with Gasteiger partial charge in [0.15, 0.2) is 5.82 Å². The van der Waals surface area contributed by atoms with Gasteiger partial charge in [0.05, 0.1) is 5.69 Å². The minimum atomic E-state index is 0.601. The number of hydrogen-bond donors (Lipinski definition) is 1. The number of pyridine rings is 1. The van der Waals surface area contributed by atoms with Crippen LogP contribution in [0.15, 0.2) is 42.6 Å². The maximum absolute atomic E-state index is 9.47. The Labute approximate surface area is 80.9 Å². The van der Waals surface area contributed by atoms with Crippen LogP contribution < -0.4 is 0 Å². The summed E-state index contributed by atoms with van der Waals surface area (Å²) >= 11 is 0. The molecule has 0 saturated heterocycles. The Morgan fingerprint density at radius 2 is 2.21 bits per heavy atom. The first-order valence-corrected chi connectivity index (χ1v) is 4.41. The Balaban J connectivity index is 2.20. The Morgan fingerprint density at radius 3 is 2.86 bits per heavy atom. The number of aromatic nitrogens is 2. The van der Waals surface area contributed by atoms with E-state index < -0.39 is 0 Å². The van der Waals surface area contributed by atoms with Gasteiger partial charge in [0.25, 0.3) is 0 Å². The summed E-state index contributed by atoms with van der Waals surface area (Å²) in [7, 11) is 0. The molecule has 0 aromatic carbocycles. The molecule has 14 heavy (non-hydrogen) atoms. The van der Waals surface area contributed by atoms with Crippen LogP contribution in [-0.2, 0) is 0 Å². The van der Waals surface area contributed by atoms with Crippen molar-refractivity contribution in [3.05, 3.63) is 48.3 Å². The van der Waals surface area contributed by atoms with Crippen LogP contribution >= 0.6 is 0 Å². The van der Waals surface area contributed by atoms with E-state index in [1.54, 1.807) is 12.3 Å². The van der Waals surface area contributed by atoms with E-state index in [2.05, 4.69) is 4.98 Å². The first-order valence-electron chi connectivity index (χ1n) is 4.41. The van der Waals surface area contributed by atoms with Crippen molar-refractivity contribution in [1.82, 2.24) is 9.71 Å². The van der Waals surface area contributed by atoms with Gasteiger partial charge in [-0.25, -0.2) is 4.98 Å². The molecule has 2 heterocycles. The molecule has 1 N–H and O–H groups in total. The van der Waals surface area contributed by atoms with E-state index >= 15 is 0 Å². The molecule has 0 aromatic rings. The van der Waals surface area contributed by atoms with E-state index in [1.165, 1.54) is 0 Å². The minimum Gasteiger partial charge on any atom is -0.427 e. The van der Waals surface area contributed by atoms with Crippen molar-refractivity contribution in [2.45, 2.75) is 0 Å². The summed E-state index contributed by atoms with van der Waals surface area (Å²) in [5.41, 5.74) is 2.98. The molecule has 0 aromatic heterocycles. The molecule has 0 bridgehead atoms. The Kier molecular flexibility index (Phi) is 1.31. The van der Waals surface area contributed by atoms with Crippen molar-refractivity contribution in [2.75, 3.05) is 0 Å². The predicted octanol–water partition coefficient (Wildman–Crippen LogP) is 2.18. The average molecular weight is 184 g/mol. The van der Waals surface area contributed by atoms with E-state index in [9.17, 15) is 5.21 Å². The molecular formula is C11H8N2O. The quantitative estimate of drug-likeness (QED) is 0.690. The average Bonchev–Trinajstić information content (AvgIpc) is 2.46. The van der Waals surface area contributed by atoms with Crippen molar-refractivity contribution < 1.29 is 5.21 Å². The second-order valence-corrected chi connectivity index (χ2v) is 3.25. The first-order chi connectivity index (χ1) is 6.84. The van der Waals surface area contributed by atoms with E-state index in [0.29, 0.717) is 5.82 Å². The fraction of sp³-hybridized carbons (Fsp3) is 0. The highest BCUT2D eigenvalue weighted by atomic mass is 16.5. The number of nitrogens with zero attached hydrogens (tertiary/aromatic N) is 2. The highest BCUT2D eigenvalue weighted by molar-refractivity contribution is 5.82. The monoisotopic (exact) mass is 184 g/mol. The van der Waals surface area contributed by atoms with Crippen LogP contribution in [0, 0.1) is 0 Å². The fourth-order valence-corrected chi connectivity index (χ4v) is 1.54. The van der Waals surface area contributed by atoms with Gasteiger partial charge in [0, 0.05) is 17.3 Å². The summed E-state index contributed by atoms with van der Waals surface area (Å²) in [5, 5.41) is 9.47. The highest BCUT2D eigenvalue weighted by Gasteiger charge is 2.14. The molecule has 3 rings (SSSR count). The predicted molar refractivity (Wildman–Crippen MR) is 53.2 cm³/mol. The van der Waals surface area contributed by atoms with Gasteiger partial charge in [0.2, 0.25) is 0 Å². The largest absolute Gasteiger partial charge is 0.427 e. The van der Waals surface area contributed by atoms with Crippen LogP contribution in [-0.4, -0.2) is 14.9 Å². The lowest BCUT2D eigenvalue weighted by Gasteiger charge is -2.02. The van der Waals surface area contributed by atoms with Crippen molar-refractivity contribution in [3.63, 3.8) is 0 Å². The lowest BCUT2D eigenvalue weighted by molar-refractivity contribution is 0.187. The topological polar surface area (TPSA) is 38.0 Å². The zero-order valence-corrected chi connectivity index (χ0v) is 7.38. The molecule has 0 radical (unpaired) electrons. The molecule has 0 fully saturated rings. The molecule has 2 aliphatic heterocycles. The molecule has 68 valence electrons. The number of fused-ring (bicyclic) bond motifs is 1. The third kappa shape index (κ3) is 0.893. The van der Waals surface area contributed by atoms with E-state index in [1.807, 2.05) is 30.4 Å². The molecule has 3 heteroatoms. The number of hydrogen-bond acceptors (Lipinski definition) is 2. The standard InChI is InChI=1S/C11H8N2O/c14-13-6-2-5-9-7-10(12-11(9)13)8-3-1-4-8/h1-7,14H. The molecule has 0 unspecified atom stereocenters. The number of rotatable bonds is 1. The van der Waals surface area contributed by atoms with Gasteiger partial charge < -0.3 is 5.21 Å². The summed E-state index contributed by atoms with van der Waals surface area (Å²) in [4.78, 5) is 4.33. The second-order valence-electron chi connectivity index (χ2n) is 3.25.